The summed E-state index contributed by atoms with van der Waals surface area (Å²) in [5, 5.41) is 0.841. The first-order valence-electron chi connectivity index (χ1n) is 9.83. The monoisotopic (exact) mass is 405 g/mol. The Balaban J connectivity index is 1.67. The number of imidazole rings is 1. The average Bonchev–Trinajstić information content (AvgIpc) is 3.29. The van der Waals surface area contributed by atoms with Gasteiger partial charge in [0, 0.05) is 35.0 Å². The van der Waals surface area contributed by atoms with Crippen molar-refractivity contribution in [1.29, 1.82) is 0 Å². The van der Waals surface area contributed by atoms with E-state index in [1.807, 2.05) is 68.1 Å². The van der Waals surface area contributed by atoms with Gasteiger partial charge < -0.3 is 9.13 Å². The van der Waals surface area contributed by atoms with Crippen molar-refractivity contribution >= 4 is 20.7 Å². The molecule has 0 aliphatic heterocycles. The number of fused-ring (bicyclic) bond motifs is 1. The summed E-state index contributed by atoms with van der Waals surface area (Å²) in [6.45, 7) is 5.77. The van der Waals surface area contributed by atoms with Crippen LogP contribution >= 0.6 is 0 Å². The minimum absolute atomic E-state index is 0.358. The van der Waals surface area contributed by atoms with Gasteiger partial charge in [-0.25, -0.2) is 13.4 Å². The van der Waals surface area contributed by atoms with Crippen LogP contribution in [0.15, 0.2) is 64.9 Å². The second kappa shape index (κ2) is 6.32. The normalized spacial score (nSPS) is 14.6. The Bertz CT molecular complexity index is 1360. The third-order valence-electron chi connectivity index (χ3n) is 5.72. The number of aryl methyl sites for hydroxylation is 3. The van der Waals surface area contributed by atoms with E-state index in [2.05, 4.69) is 9.55 Å². The van der Waals surface area contributed by atoms with Crippen molar-refractivity contribution in [2.45, 2.75) is 49.4 Å². The lowest BCUT2D eigenvalue weighted by Crippen LogP contribution is -2.05. The molecule has 0 N–H and O–H groups in total. The molecular formula is C23H23N3O2S. The summed E-state index contributed by atoms with van der Waals surface area (Å²) in [6, 6.07) is 11.9. The molecule has 29 heavy (non-hydrogen) atoms. The molecule has 2 heterocycles. The summed E-state index contributed by atoms with van der Waals surface area (Å²) in [5.41, 5.74) is 4.55. The Labute approximate surface area is 170 Å². The number of hydrogen-bond acceptors (Lipinski definition) is 3. The van der Waals surface area contributed by atoms with Gasteiger partial charge in [-0.1, -0.05) is 12.1 Å². The lowest BCUT2D eigenvalue weighted by atomic mass is 10.1. The molecule has 5 nitrogen and oxygen atoms in total. The molecule has 0 bridgehead atoms. The standard InChI is InChI=1S/C23H23N3O2S/c1-15-5-4-6-20-23(15)22(13-26(20)18-7-8-18)29(27,28)21-10-9-19(11-16(21)2)25-12-17(3)24-14-25/h4-6,9-14,18H,7-8H2,1-3H3. The maximum Gasteiger partial charge on any atom is 0.208 e. The van der Waals surface area contributed by atoms with Crippen LogP contribution < -0.4 is 0 Å². The van der Waals surface area contributed by atoms with Gasteiger partial charge in [0.05, 0.1) is 21.8 Å². The van der Waals surface area contributed by atoms with Gasteiger partial charge in [0.25, 0.3) is 0 Å². The van der Waals surface area contributed by atoms with Crippen LogP contribution in [0.25, 0.3) is 16.6 Å². The van der Waals surface area contributed by atoms with Crippen LogP contribution in [0.4, 0.5) is 0 Å². The van der Waals surface area contributed by atoms with Gasteiger partial charge in [0.1, 0.15) is 0 Å². The number of aromatic nitrogens is 3. The summed E-state index contributed by atoms with van der Waals surface area (Å²) in [5.74, 6) is 0. The lowest BCUT2D eigenvalue weighted by Gasteiger charge is -2.10. The molecule has 5 rings (SSSR count). The third kappa shape index (κ3) is 2.90. The zero-order valence-electron chi connectivity index (χ0n) is 16.8. The number of nitrogens with zero attached hydrogens (tertiary/aromatic N) is 3. The summed E-state index contributed by atoms with van der Waals surface area (Å²) >= 11 is 0. The van der Waals surface area contributed by atoms with Gasteiger partial charge in [-0.15, -0.1) is 0 Å². The van der Waals surface area contributed by atoms with Crippen molar-refractivity contribution in [3.63, 3.8) is 0 Å². The molecule has 0 radical (unpaired) electrons. The van der Waals surface area contributed by atoms with E-state index in [0.29, 0.717) is 15.8 Å². The van der Waals surface area contributed by atoms with E-state index in [-0.39, 0.29) is 0 Å². The molecular weight excluding hydrogens is 382 g/mol. The van der Waals surface area contributed by atoms with E-state index in [1.54, 1.807) is 12.4 Å². The molecule has 0 unspecified atom stereocenters. The number of benzene rings is 2. The first kappa shape index (κ1) is 18.2. The Morgan fingerprint density at radius 2 is 1.76 bits per heavy atom. The van der Waals surface area contributed by atoms with E-state index < -0.39 is 9.84 Å². The van der Waals surface area contributed by atoms with Crippen LogP contribution in [0.1, 0.15) is 35.7 Å². The first-order valence-corrected chi connectivity index (χ1v) is 11.3. The minimum atomic E-state index is -3.64. The predicted molar refractivity (Wildman–Crippen MR) is 113 cm³/mol. The Hall–Kier alpha value is -2.86. The first-order chi connectivity index (χ1) is 13.9. The summed E-state index contributed by atoms with van der Waals surface area (Å²) in [7, 11) is -3.64. The molecule has 2 aromatic carbocycles. The fourth-order valence-electron chi connectivity index (χ4n) is 4.08. The summed E-state index contributed by atoms with van der Waals surface area (Å²) in [4.78, 5) is 5.02. The van der Waals surface area contributed by atoms with Crippen LogP contribution in [0.2, 0.25) is 0 Å². The van der Waals surface area contributed by atoms with Crippen molar-refractivity contribution < 1.29 is 8.42 Å². The summed E-state index contributed by atoms with van der Waals surface area (Å²) in [6.07, 6.45) is 7.72. The van der Waals surface area contributed by atoms with Crippen LogP contribution in [0.5, 0.6) is 0 Å². The Morgan fingerprint density at radius 1 is 0.966 bits per heavy atom. The maximum atomic E-state index is 13.7. The van der Waals surface area contributed by atoms with E-state index in [9.17, 15) is 8.42 Å². The molecule has 0 amide bonds. The van der Waals surface area contributed by atoms with Gasteiger partial charge in [-0.2, -0.15) is 0 Å². The summed E-state index contributed by atoms with van der Waals surface area (Å²) < 4.78 is 31.4. The fraction of sp³-hybridized carbons (Fsp3) is 0.261. The molecule has 1 aliphatic carbocycles. The van der Waals surface area contributed by atoms with Gasteiger partial charge in [0.2, 0.25) is 9.84 Å². The van der Waals surface area contributed by atoms with Crippen molar-refractivity contribution in [2.24, 2.45) is 0 Å². The highest BCUT2D eigenvalue weighted by Gasteiger charge is 2.31. The highest BCUT2D eigenvalue weighted by Crippen LogP contribution is 2.42. The second-order valence-corrected chi connectivity index (χ2v) is 9.86. The zero-order valence-corrected chi connectivity index (χ0v) is 17.6. The van der Waals surface area contributed by atoms with Crippen LogP contribution in [0, 0.1) is 20.8 Å². The Morgan fingerprint density at radius 3 is 2.41 bits per heavy atom. The smallest absolute Gasteiger partial charge is 0.208 e. The van der Waals surface area contributed by atoms with E-state index in [1.165, 1.54) is 0 Å². The molecule has 4 aromatic rings. The SMILES string of the molecule is Cc1cn(-c2ccc(S(=O)(=O)c3cn(C4CC4)c4cccc(C)c34)c(C)c2)cn1. The van der Waals surface area contributed by atoms with Gasteiger partial charge in [-0.3, -0.25) is 0 Å². The van der Waals surface area contributed by atoms with Crippen molar-refractivity contribution in [2.75, 3.05) is 0 Å². The molecule has 148 valence electrons. The molecule has 6 heteroatoms. The molecule has 1 fully saturated rings. The second-order valence-electron chi connectivity index (χ2n) is 7.98. The van der Waals surface area contributed by atoms with Gasteiger partial charge >= 0.3 is 0 Å². The lowest BCUT2D eigenvalue weighted by molar-refractivity contribution is 0.595. The molecule has 0 saturated heterocycles. The van der Waals surface area contributed by atoms with Crippen molar-refractivity contribution in [1.82, 2.24) is 14.1 Å². The minimum Gasteiger partial charge on any atom is -0.343 e. The molecule has 0 atom stereocenters. The topological polar surface area (TPSA) is 56.9 Å². The van der Waals surface area contributed by atoms with Crippen LogP contribution in [-0.2, 0) is 9.84 Å². The van der Waals surface area contributed by atoms with E-state index >= 15 is 0 Å². The molecule has 2 aromatic heterocycles. The van der Waals surface area contributed by atoms with Crippen molar-refractivity contribution in [3.05, 3.63) is 71.9 Å². The Kier molecular flexibility index (Phi) is 3.96. The largest absolute Gasteiger partial charge is 0.343 e. The molecule has 1 saturated carbocycles. The predicted octanol–water partition coefficient (Wildman–Crippen LogP) is 4.92. The number of hydrogen-bond donors (Lipinski definition) is 0. The molecule has 0 spiro atoms. The number of rotatable bonds is 4. The molecule has 1 aliphatic rings. The third-order valence-corrected chi connectivity index (χ3v) is 7.65. The van der Waals surface area contributed by atoms with Gasteiger partial charge in [-0.05, 0) is 69.0 Å². The van der Waals surface area contributed by atoms with Crippen LogP contribution in [0.3, 0.4) is 0 Å². The highest BCUT2D eigenvalue weighted by atomic mass is 32.2. The quantitative estimate of drug-likeness (QED) is 0.484. The van der Waals surface area contributed by atoms with E-state index in [4.69, 9.17) is 0 Å². The van der Waals surface area contributed by atoms with Gasteiger partial charge in [0.15, 0.2) is 0 Å². The average molecular weight is 406 g/mol. The highest BCUT2D eigenvalue weighted by molar-refractivity contribution is 7.91. The van der Waals surface area contributed by atoms with Crippen molar-refractivity contribution in [3.8, 4) is 5.69 Å². The van der Waals surface area contributed by atoms with E-state index in [0.717, 1.165) is 46.3 Å². The fourth-order valence-corrected chi connectivity index (χ4v) is 5.84. The van der Waals surface area contributed by atoms with Crippen LogP contribution in [-0.4, -0.2) is 22.5 Å². The number of sulfone groups is 1. The zero-order chi connectivity index (χ0) is 20.3. The maximum absolute atomic E-state index is 13.7.